The van der Waals surface area contributed by atoms with Crippen molar-refractivity contribution >= 4 is 11.9 Å². The van der Waals surface area contributed by atoms with E-state index in [0.29, 0.717) is 18.9 Å². The van der Waals surface area contributed by atoms with Gasteiger partial charge in [0.05, 0.1) is 0 Å². The minimum Gasteiger partial charge on any atom is -0.480 e. The molecule has 0 aromatic carbocycles. The minimum atomic E-state index is -1.25. The molecule has 1 aromatic heterocycles. The molecule has 0 unspecified atom stereocenters. The number of aromatic nitrogens is 1. The molecule has 1 amide bonds. The van der Waals surface area contributed by atoms with Crippen LogP contribution in [0.15, 0.2) is 18.2 Å². The van der Waals surface area contributed by atoms with Crippen LogP contribution in [-0.4, -0.2) is 40.7 Å². The molecule has 1 aromatic rings. The fraction of sp³-hybridized carbons (Fsp3) is 0.462. The topological polar surface area (TPSA) is 88.5 Å². The second-order valence-electron chi connectivity index (χ2n) is 4.62. The van der Waals surface area contributed by atoms with Gasteiger partial charge in [-0.05, 0) is 19.1 Å². The lowest BCUT2D eigenvalue weighted by Crippen LogP contribution is -2.57. The number of aryl methyl sites for hydroxylation is 1. The maximum Gasteiger partial charge on any atom is 0.329 e. The first-order valence-corrected chi connectivity index (χ1v) is 6.11. The Bertz CT molecular complexity index is 495. The Morgan fingerprint density at radius 1 is 1.37 bits per heavy atom. The Labute approximate surface area is 110 Å². The lowest BCUT2D eigenvalue weighted by molar-refractivity contribution is -0.148. The molecule has 2 heterocycles. The summed E-state index contributed by atoms with van der Waals surface area (Å²) in [6.07, 6.45) is 0.528. The standard InChI is InChI=1S/C13H16N2O4/c1-9-3-2-4-10(14-9)11(16)15-13(12(17)18)5-7-19-8-6-13/h2-4H,5-8H2,1H3,(H,15,16)(H,17,18). The Morgan fingerprint density at radius 2 is 2.05 bits per heavy atom. The van der Waals surface area contributed by atoms with Gasteiger partial charge in [0, 0.05) is 31.7 Å². The summed E-state index contributed by atoms with van der Waals surface area (Å²) in [5, 5.41) is 11.9. The van der Waals surface area contributed by atoms with E-state index in [-0.39, 0.29) is 18.5 Å². The molecule has 0 radical (unpaired) electrons. The summed E-state index contributed by atoms with van der Waals surface area (Å²) >= 11 is 0. The van der Waals surface area contributed by atoms with Crippen LogP contribution >= 0.6 is 0 Å². The van der Waals surface area contributed by atoms with E-state index >= 15 is 0 Å². The van der Waals surface area contributed by atoms with Crippen molar-refractivity contribution in [3.05, 3.63) is 29.6 Å². The number of nitrogens with zero attached hydrogens (tertiary/aromatic N) is 1. The lowest BCUT2D eigenvalue weighted by Gasteiger charge is -2.33. The molecule has 2 rings (SSSR count). The van der Waals surface area contributed by atoms with Crippen molar-refractivity contribution < 1.29 is 19.4 Å². The number of carboxylic acid groups (broad SMARTS) is 1. The highest BCUT2D eigenvalue weighted by Gasteiger charge is 2.41. The van der Waals surface area contributed by atoms with Crippen LogP contribution in [-0.2, 0) is 9.53 Å². The number of amides is 1. The molecule has 0 saturated carbocycles. The molecule has 19 heavy (non-hydrogen) atoms. The van der Waals surface area contributed by atoms with Crippen LogP contribution in [0.3, 0.4) is 0 Å². The first-order chi connectivity index (χ1) is 9.03. The molecular formula is C13H16N2O4. The smallest absolute Gasteiger partial charge is 0.329 e. The van der Waals surface area contributed by atoms with Crippen LogP contribution in [0.2, 0.25) is 0 Å². The third-order valence-electron chi connectivity index (χ3n) is 3.23. The third kappa shape index (κ3) is 2.90. The van der Waals surface area contributed by atoms with E-state index in [1.54, 1.807) is 25.1 Å². The lowest BCUT2D eigenvalue weighted by atomic mass is 9.90. The third-order valence-corrected chi connectivity index (χ3v) is 3.23. The van der Waals surface area contributed by atoms with Crippen molar-refractivity contribution in [2.75, 3.05) is 13.2 Å². The number of carbonyl (C=O) groups is 2. The Balaban J connectivity index is 2.18. The highest BCUT2D eigenvalue weighted by atomic mass is 16.5. The molecule has 1 aliphatic heterocycles. The summed E-state index contributed by atoms with van der Waals surface area (Å²) in [7, 11) is 0. The molecule has 1 saturated heterocycles. The van der Waals surface area contributed by atoms with Crippen molar-refractivity contribution in [3.63, 3.8) is 0 Å². The normalized spacial score (nSPS) is 17.7. The van der Waals surface area contributed by atoms with Gasteiger partial charge < -0.3 is 15.2 Å². The molecule has 1 fully saturated rings. The van der Waals surface area contributed by atoms with E-state index in [1.807, 2.05) is 0 Å². The summed E-state index contributed by atoms with van der Waals surface area (Å²) in [5.74, 6) is -1.50. The highest BCUT2D eigenvalue weighted by Crippen LogP contribution is 2.21. The number of rotatable bonds is 3. The van der Waals surface area contributed by atoms with Gasteiger partial charge in [-0.1, -0.05) is 6.07 Å². The highest BCUT2D eigenvalue weighted by molar-refractivity contribution is 5.96. The zero-order valence-electron chi connectivity index (χ0n) is 10.7. The molecule has 1 aliphatic rings. The maximum atomic E-state index is 12.1. The van der Waals surface area contributed by atoms with Crippen molar-refractivity contribution in [1.82, 2.24) is 10.3 Å². The minimum absolute atomic E-state index is 0.229. The first kappa shape index (κ1) is 13.5. The number of nitrogens with one attached hydrogen (secondary N) is 1. The van der Waals surface area contributed by atoms with Gasteiger partial charge >= 0.3 is 5.97 Å². The average molecular weight is 264 g/mol. The molecule has 0 bridgehead atoms. The van der Waals surface area contributed by atoms with Crippen molar-refractivity contribution in [2.24, 2.45) is 0 Å². The largest absolute Gasteiger partial charge is 0.480 e. The second-order valence-corrected chi connectivity index (χ2v) is 4.62. The van der Waals surface area contributed by atoms with Crippen LogP contribution in [0, 0.1) is 6.92 Å². The number of carbonyl (C=O) groups excluding carboxylic acids is 1. The Kier molecular flexibility index (Phi) is 3.80. The van der Waals surface area contributed by atoms with E-state index in [4.69, 9.17) is 4.74 Å². The summed E-state index contributed by atoms with van der Waals surface area (Å²) in [4.78, 5) is 27.6. The van der Waals surface area contributed by atoms with Crippen LogP contribution < -0.4 is 5.32 Å². The molecule has 0 atom stereocenters. The molecule has 2 N–H and O–H groups in total. The SMILES string of the molecule is Cc1cccc(C(=O)NC2(C(=O)O)CCOCC2)n1. The van der Waals surface area contributed by atoms with Gasteiger partial charge in [0.2, 0.25) is 0 Å². The van der Waals surface area contributed by atoms with E-state index in [9.17, 15) is 14.7 Å². The van der Waals surface area contributed by atoms with E-state index in [1.165, 1.54) is 0 Å². The monoisotopic (exact) mass is 264 g/mol. The number of hydrogen-bond acceptors (Lipinski definition) is 4. The number of aliphatic carboxylic acids is 1. The van der Waals surface area contributed by atoms with E-state index in [2.05, 4.69) is 10.3 Å². The fourth-order valence-corrected chi connectivity index (χ4v) is 2.06. The maximum absolute atomic E-state index is 12.1. The molecule has 0 spiro atoms. The molecule has 102 valence electrons. The van der Waals surface area contributed by atoms with Gasteiger partial charge in [-0.25, -0.2) is 9.78 Å². The van der Waals surface area contributed by atoms with Crippen molar-refractivity contribution in [3.8, 4) is 0 Å². The number of carboxylic acids is 1. The zero-order valence-corrected chi connectivity index (χ0v) is 10.7. The summed E-state index contributed by atoms with van der Waals surface area (Å²) in [5.41, 5.74) is -0.308. The number of pyridine rings is 1. The van der Waals surface area contributed by atoms with Crippen molar-refractivity contribution in [1.29, 1.82) is 0 Å². The summed E-state index contributed by atoms with van der Waals surface area (Å²) < 4.78 is 5.15. The predicted octanol–water partition coefficient (Wildman–Crippen LogP) is 0.754. The van der Waals surface area contributed by atoms with Gasteiger partial charge in [0.25, 0.3) is 5.91 Å². The van der Waals surface area contributed by atoms with Crippen LogP contribution in [0.1, 0.15) is 29.0 Å². The quantitative estimate of drug-likeness (QED) is 0.841. The molecule has 0 aliphatic carbocycles. The van der Waals surface area contributed by atoms with Gasteiger partial charge in [-0.3, -0.25) is 4.79 Å². The molecule has 6 heteroatoms. The van der Waals surface area contributed by atoms with Crippen molar-refractivity contribution in [2.45, 2.75) is 25.3 Å². The summed E-state index contributed by atoms with van der Waals surface area (Å²) in [6, 6.07) is 5.06. The second kappa shape index (κ2) is 5.36. The number of hydrogen-bond donors (Lipinski definition) is 2. The molecule has 6 nitrogen and oxygen atoms in total. The van der Waals surface area contributed by atoms with E-state index in [0.717, 1.165) is 0 Å². The van der Waals surface area contributed by atoms with Gasteiger partial charge in [0.1, 0.15) is 11.2 Å². The zero-order chi connectivity index (χ0) is 13.9. The fourth-order valence-electron chi connectivity index (χ4n) is 2.06. The van der Waals surface area contributed by atoms with E-state index < -0.39 is 17.4 Å². The summed E-state index contributed by atoms with van der Waals surface area (Å²) in [6.45, 7) is 2.43. The number of ether oxygens (including phenoxy) is 1. The van der Waals surface area contributed by atoms with Crippen LogP contribution in [0.5, 0.6) is 0 Å². The molecular weight excluding hydrogens is 248 g/mol. The van der Waals surface area contributed by atoms with Crippen LogP contribution in [0.25, 0.3) is 0 Å². The average Bonchev–Trinajstić information content (AvgIpc) is 2.39. The Hall–Kier alpha value is -1.95. The predicted molar refractivity (Wildman–Crippen MR) is 66.9 cm³/mol. The van der Waals surface area contributed by atoms with Gasteiger partial charge in [-0.15, -0.1) is 0 Å². The first-order valence-electron chi connectivity index (χ1n) is 6.11. The van der Waals surface area contributed by atoms with Gasteiger partial charge in [0.15, 0.2) is 0 Å². The van der Waals surface area contributed by atoms with Crippen LogP contribution in [0.4, 0.5) is 0 Å². The van der Waals surface area contributed by atoms with Gasteiger partial charge in [-0.2, -0.15) is 0 Å². The Morgan fingerprint density at radius 3 is 2.63 bits per heavy atom.